The zero-order valence-electron chi connectivity index (χ0n) is 16.3. The number of nitrogens with zero attached hydrogens (tertiary/aromatic N) is 1. The number of hydrogen-bond donors (Lipinski definition) is 2. The molecule has 0 aromatic heterocycles. The lowest BCUT2D eigenvalue weighted by Crippen LogP contribution is -2.24. The van der Waals surface area contributed by atoms with Crippen LogP contribution in [-0.4, -0.2) is 18.0 Å². The number of amides is 2. The first-order chi connectivity index (χ1) is 15.0. The van der Waals surface area contributed by atoms with Crippen molar-refractivity contribution in [1.82, 2.24) is 5.43 Å². The van der Waals surface area contributed by atoms with E-state index in [9.17, 15) is 9.59 Å². The number of rotatable bonds is 8. The molecule has 0 aliphatic rings. The zero-order valence-corrected chi connectivity index (χ0v) is 17.9. The SMILES string of the molecule is O=C(CC(=O)Nc1cccc(Cl)c1Cl)NN=Cc1ccc(OCc2ccccc2)cc1. The summed E-state index contributed by atoms with van der Waals surface area (Å²) in [5.74, 6) is -0.368. The van der Waals surface area contributed by atoms with E-state index in [0.29, 0.717) is 17.3 Å². The van der Waals surface area contributed by atoms with Crippen LogP contribution in [0.25, 0.3) is 0 Å². The number of halogens is 2. The van der Waals surface area contributed by atoms with Gasteiger partial charge >= 0.3 is 0 Å². The van der Waals surface area contributed by atoms with Crippen LogP contribution >= 0.6 is 23.2 Å². The molecule has 0 heterocycles. The van der Waals surface area contributed by atoms with Gasteiger partial charge in [-0.25, -0.2) is 5.43 Å². The second kappa shape index (κ2) is 11.2. The first-order valence-electron chi connectivity index (χ1n) is 9.34. The summed E-state index contributed by atoms with van der Waals surface area (Å²) < 4.78 is 5.72. The summed E-state index contributed by atoms with van der Waals surface area (Å²) in [5, 5.41) is 6.93. The van der Waals surface area contributed by atoms with Crippen LogP contribution in [0.3, 0.4) is 0 Å². The molecule has 3 aromatic carbocycles. The van der Waals surface area contributed by atoms with E-state index in [1.54, 1.807) is 18.2 Å². The van der Waals surface area contributed by atoms with E-state index in [2.05, 4.69) is 15.8 Å². The van der Waals surface area contributed by atoms with E-state index in [0.717, 1.165) is 16.9 Å². The Morgan fingerprint density at radius 1 is 0.903 bits per heavy atom. The highest BCUT2D eigenvalue weighted by Gasteiger charge is 2.12. The van der Waals surface area contributed by atoms with Crippen molar-refractivity contribution in [3.63, 3.8) is 0 Å². The molecule has 0 saturated heterocycles. The van der Waals surface area contributed by atoms with Gasteiger partial charge in [-0.05, 0) is 47.5 Å². The Kier molecular flexibility index (Phi) is 8.04. The molecule has 158 valence electrons. The van der Waals surface area contributed by atoms with Gasteiger partial charge in [0.15, 0.2) is 0 Å². The van der Waals surface area contributed by atoms with Crippen molar-refractivity contribution in [3.05, 3.63) is 94.0 Å². The van der Waals surface area contributed by atoms with Crippen LogP contribution in [-0.2, 0) is 16.2 Å². The molecule has 2 N–H and O–H groups in total. The minimum absolute atomic E-state index is 0.215. The van der Waals surface area contributed by atoms with Crippen molar-refractivity contribution in [2.45, 2.75) is 13.0 Å². The molecule has 0 atom stereocenters. The summed E-state index contributed by atoms with van der Waals surface area (Å²) in [5.41, 5.74) is 4.50. The average molecular weight is 456 g/mol. The highest BCUT2D eigenvalue weighted by molar-refractivity contribution is 6.44. The molecule has 2 amide bonds. The molecule has 3 aromatic rings. The molecule has 6 nitrogen and oxygen atoms in total. The maximum Gasteiger partial charge on any atom is 0.249 e. The molecule has 0 spiro atoms. The van der Waals surface area contributed by atoms with Gasteiger partial charge in [0.2, 0.25) is 11.8 Å². The first kappa shape index (κ1) is 22.3. The van der Waals surface area contributed by atoms with Crippen LogP contribution in [0.2, 0.25) is 10.0 Å². The molecule has 0 saturated carbocycles. The third-order valence-electron chi connectivity index (χ3n) is 4.08. The predicted molar refractivity (Wildman–Crippen MR) is 123 cm³/mol. The quantitative estimate of drug-likeness (QED) is 0.283. The van der Waals surface area contributed by atoms with E-state index in [-0.39, 0.29) is 5.02 Å². The average Bonchev–Trinajstić information content (AvgIpc) is 2.77. The summed E-state index contributed by atoms with van der Waals surface area (Å²) in [6, 6.07) is 21.9. The molecule has 8 heteroatoms. The van der Waals surface area contributed by atoms with Crippen molar-refractivity contribution in [2.24, 2.45) is 5.10 Å². The monoisotopic (exact) mass is 455 g/mol. The topological polar surface area (TPSA) is 79.8 Å². The Balaban J connectivity index is 1.43. The number of hydrazone groups is 1. The highest BCUT2D eigenvalue weighted by atomic mass is 35.5. The number of benzene rings is 3. The lowest BCUT2D eigenvalue weighted by atomic mass is 10.2. The molecule has 0 unspecified atom stereocenters. The molecular weight excluding hydrogens is 437 g/mol. The van der Waals surface area contributed by atoms with E-state index >= 15 is 0 Å². The normalized spacial score (nSPS) is 10.6. The minimum atomic E-state index is -0.560. The number of hydrogen-bond acceptors (Lipinski definition) is 4. The second-order valence-corrected chi connectivity index (χ2v) is 7.25. The Hall–Kier alpha value is -3.35. The van der Waals surface area contributed by atoms with Gasteiger partial charge in [-0.3, -0.25) is 9.59 Å². The van der Waals surface area contributed by atoms with E-state index in [1.807, 2.05) is 54.6 Å². The highest BCUT2D eigenvalue weighted by Crippen LogP contribution is 2.29. The summed E-state index contributed by atoms with van der Waals surface area (Å²) in [4.78, 5) is 23.9. The number of carbonyl (C=O) groups is 2. The van der Waals surface area contributed by atoms with Gasteiger partial charge in [-0.2, -0.15) is 5.10 Å². The van der Waals surface area contributed by atoms with Gasteiger partial charge in [0.1, 0.15) is 18.8 Å². The predicted octanol–water partition coefficient (Wildman–Crippen LogP) is 5.05. The molecule has 31 heavy (non-hydrogen) atoms. The fourth-order valence-electron chi connectivity index (χ4n) is 2.55. The number of nitrogens with one attached hydrogen (secondary N) is 2. The fraction of sp³-hybridized carbons (Fsp3) is 0.0870. The standard InChI is InChI=1S/C23H19Cl2N3O3/c24-19-7-4-8-20(23(19)25)27-21(29)13-22(30)28-26-14-16-9-11-18(12-10-16)31-15-17-5-2-1-3-6-17/h1-12,14H,13,15H2,(H,27,29)(H,28,30). The Morgan fingerprint density at radius 3 is 2.39 bits per heavy atom. The van der Waals surface area contributed by atoms with Crippen LogP contribution < -0.4 is 15.5 Å². The van der Waals surface area contributed by atoms with E-state index in [4.69, 9.17) is 27.9 Å². The van der Waals surface area contributed by atoms with Crippen LogP contribution in [0.5, 0.6) is 5.75 Å². The van der Waals surface area contributed by atoms with Crippen LogP contribution in [0.1, 0.15) is 17.5 Å². The van der Waals surface area contributed by atoms with Crippen molar-refractivity contribution in [2.75, 3.05) is 5.32 Å². The summed E-state index contributed by atoms with van der Waals surface area (Å²) in [6.07, 6.45) is 1.07. The lowest BCUT2D eigenvalue weighted by Gasteiger charge is -2.07. The molecule has 0 fully saturated rings. The summed E-state index contributed by atoms with van der Waals surface area (Å²) >= 11 is 11.9. The van der Waals surface area contributed by atoms with Crippen molar-refractivity contribution < 1.29 is 14.3 Å². The van der Waals surface area contributed by atoms with Gasteiger partial charge < -0.3 is 10.1 Å². The van der Waals surface area contributed by atoms with E-state index in [1.165, 1.54) is 6.21 Å². The second-order valence-electron chi connectivity index (χ2n) is 6.46. The maximum absolute atomic E-state index is 12.0. The number of carbonyl (C=O) groups excluding carboxylic acids is 2. The molecule has 0 radical (unpaired) electrons. The summed E-state index contributed by atoms with van der Waals surface area (Å²) in [7, 11) is 0. The molecule has 0 aliphatic carbocycles. The van der Waals surface area contributed by atoms with Crippen molar-refractivity contribution in [3.8, 4) is 5.75 Å². The van der Waals surface area contributed by atoms with Crippen LogP contribution in [0.4, 0.5) is 5.69 Å². The third-order valence-corrected chi connectivity index (χ3v) is 4.90. The zero-order chi connectivity index (χ0) is 22.1. The summed E-state index contributed by atoms with van der Waals surface area (Å²) in [6.45, 7) is 0.479. The van der Waals surface area contributed by atoms with Gasteiger partial charge in [0, 0.05) is 0 Å². The largest absolute Gasteiger partial charge is 0.489 e. The molecule has 0 aliphatic heterocycles. The number of anilines is 1. The fourth-order valence-corrected chi connectivity index (χ4v) is 2.90. The Bertz CT molecular complexity index is 1070. The van der Waals surface area contributed by atoms with Gasteiger partial charge in [-0.1, -0.05) is 59.6 Å². The molecular formula is C23H19Cl2N3O3. The van der Waals surface area contributed by atoms with Crippen LogP contribution in [0, 0.1) is 0 Å². The number of ether oxygens (including phenoxy) is 1. The Labute approximate surface area is 189 Å². The van der Waals surface area contributed by atoms with Crippen LogP contribution in [0.15, 0.2) is 77.9 Å². The lowest BCUT2D eigenvalue weighted by molar-refractivity contribution is -0.126. The third kappa shape index (κ3) is 7.13. The Morgan fingerprint density at radius 2 is 1.65 bits per heavy atom. The van der Waals surface area contributed by atoms with Crippen molar-refractivity contribution in [1.29, 1.82) is 0 Å². The van der Waals surface area contributed by atoms with Gasteiger partial charge in [-0.15, -0.1) is 0 Å². The van der Waals surface area contributed by atoms with Gasteiger partial charge in [0.25, 0.3) is 0 Å². The van der Waals surface area contributed by atoms with E-state index < -0.39 is 18.2 Å². The molecule has 0 bridgehead atoms. The first-order valence-corrected chi connectivity index (χ1v) is 10.1. The minimum Gasteiger partial charge on any atom is -0.489 e. The smallest absolute Gasteiger partial charge is 0.249 e. The van der Waals surface area contributed by atoms with Crippen molar-refractivity contribution >= 4 is 46.9 Å². The molecule has 3 rings (SSSR count). The van der Waals surface area contributed by atoms with Gasteiger partial charge in [0.05, 0.1) is 21.9 Å². The maximum atomic E-state index is 12.0.